The van der Waals surface area contributed by atoms with Crippen LogP contribution in [0.4, 0.5) is 0 Å². The molecule has 0 unspecified atom stereocenters. The molecule has 0 bridgehead atoms. The number of hydrogen-bond acceptors (Lipinski definition) is 0. The topological polar surface area (TPSA) is 0 Å². The third-order valence-corrected chi connectivity index (χ3v) is 3.27. The lowest BCUT2D eigenvalue weighted by Gasteiger charge is -2.16. The van der Waals surface area contributed by atoms with E-state index in [0.717, 1.165) is 11.8 Å². The first-order valence-corrected chi connectivity index (χ1v) is 5.38. The Morgan fingerprint density at radius 2 is 1.82 bits per heavy atom. The molecule has 0 amide bonds. The molecule has 11 heavy (non-hydrogen) atoms. The standard InChI is InChI=1S/C11H22/c1-3-5-7-11-9-6-8-10(11)4-2/h10-11H,3-9H2,1-2H3/t10-,11+/m1/s1. The van der Waals surface area contributed by atoms with Crippen molar-refractivity contribution in [2.24, 2.45) is 11.8 Å². The Balaban J connectivity index is 2.20. The van der Waals surface area contributed by atoms with Gasteiger partial charge in [0.25, 0.3) is 0 Å². The zero-order valence-corrected chi connectivity index (χ0v) is 8.10. The SMILES string of the molecule is CCCC[C@H]1CCC[C@H]1CC. The fourth-order valence-electron chi connectivity index (χ4n) is 2.50. The Hall–Kier alpha value is 0. The molecule has 0 heterocycles. The van der Waals surface area contributed by atoms with Gasteiger partial charge in [0, 0.05) is 0 Å². The summed E-state index contributed by atoms with van der Waals surface area (Å²) in [6.45, 7) is 4.66. The molecule has 66 valence electrons. The molecule has 0 aliphatic heterocycles. The molecule has 1 saturated carbocycles. The second-order valence-corrected chi connectivity index (χ2v) is 4.00. The van der Waals surface area contributed by atoms with Gasteiger partial charge >= 0.3 is 0 Å². The van der Waals surface area contributed by atoms with Gasteiger partial charge in [0.15, 0.2) is 0 Å². The minimum atomic E-state index is 1.08. The largest absolute Gasteiger partial charge is 0.0654 e. The molecular weight excluding hydrogens is 132 g/mol. The van der Waals surface area contributed by atoms with Crippen LogP contribution in [0.2, 0.25) is 0 Å². The van der Waals surface area contributed by atoms with E-state index in [4.69, 9.17) is 0 Å². The lowest BCUT2D eigenvalue weighted by Crippen LogP contribution is -2.06. The molecular formula is C11H22. The molecule has 0 aromatic heterocycles. The summed E-state index contributed by atoms with van der Waals surface area (Å²) in [4.78, 5) is 0. The van der Waals surface area contributed by atoms with Crippen LogP contribution in [0.3, 0.4) is 0 Å². The molecule has 2 atom stereocenters. The highest BCUT2D eigenvalue weighted by atomic mass is 14.3. The summed E-state index contributed by atoms with van der Waals surface area (Å²) >= 11 is 0. The molecule has 0 radical (unpaired) electrons. The van der Waals surface area contributed by atoms with Crippen molar-refractivity contribution in [3.05, 3.63) is 0 Å². The predicted octanol–water partition coefficient (Wildman–Crippen LogP) is 4.00. The highest BCUT2D eigenvalue weighted by Gasteiger charge is 2.24. The second-order valence-electron chi connectivity index (χ2n) is 4.00. The number of rotatable bonds is 4. The average Bonchev–Trinajstić information content (AvgIpc) is 2.47. The molecule has 1 aliphatic carbocycles. The normalized spacial score (nSPS) is 31.1. The lowest BCUT2D eigenvalue weighted by atomic mass is 9.89. The fourth-order valence-corrected chi connectivity index (χ4v) is 2.50. The summed E-state index contributed by atoms with van der Waals surface area (Å²) in [7, 11) is 0. The van der Waals surface area contributed by atoms with Gasteiger partial charge in [0.1, 0.15) is 0 Å². The summed E-state index contributed by atoms with van der Waals surface area (Å²) in [6, 6.07) is 0. The molecule has 0 nitrogen and oxygen atoms in total. The van der Waals surface area contributed by atoms with Crippen LogP contribution in [-0.2, 0) is 0 Å². The average molecular weight is 154 g/mol. The first-order valence-electron chi connectivity index (χ1n) is 5.38. The van der Waals surface area contributed by atoms with Crippen molar-refractivity contribution < 1.29 is 0 Å². The van der Waals surface area contributed by atoms with E-state index in [1.807, 2.05) is 0 Å². The maximum Gasteiger partial charge on any atom is -0.0386 e. The highest BCUT2D eigenvalue weighted by molar-refractivity contribution is 4.76. The van der Waals surface area contributed by atoms with Crippen molar-refractivity contribution in [2.45, 2.75) is 58.8 Å². The van der Waals surface area contributed by atoms with Gasteiger partial charge in [0.05, 0.1) is 0 Å². The van der Waals surface area contributed by atoms with Crippen LogP contribution < -0.4 is 0 Å². The zero-order valence-electron chi connectivity index (χ0n) is 8.10. The summed E-state index contributed by atoms with van der Waals surface area (Å²) in [5, 5.41) is 0. The molecule has 1 aliphatic rings. The van der Waals surface area contributed by atoms with Crippen LogP contribution in [0.5, 0.6) is 0 Å². The van der Waals surface area contributed by atoms with Crippen molar-refractivity contribution in [1.29, 1.82) is 0 Å². The minimum Gasteiger partial charge on any atom is -0.0654 e. The van der Waals surface area contributed by atoms with Gasteiger partial charge in [-0.3, -0.25) is 0 Å². The second kappa shape index (κ2) is 4.79. The van der Waals surface area contributed by atoms with Gasteiger partial charge in [-0.05, 0) is 11.8 Å². The van der Waals surface area contributed by atoms with E-state index in [9.17, 15) is 0 Å². The van der Waals surface area contributed by atoms with Gasteiger partial charge in [-0.2, -0.15) is 0 Å². The Bertz CT molecular complexity index is 96.2. The van der Waals surface area contributed by atoms with Crippen LogP contribution in [0.15, 0.2) is 0 Å². The Morgan fingerprint density at radius 1 is 1.09 bits per heavy atom. The molecule has 0 heteroatoms. The summed E-state index contributed by atoms with van der Waals surface area (Å²) in [6.07, 6.45) is 10.3. The summed E-state index contributed by atoms with van der Waals surface area (Å²) < 4.78 is 0. The van der Waals surface area contributed by atoms with Crippen molar-refractivity contribution in [3.8, 4) is 0 Å². The van der Waals surface area contributed by atoms with Gasteiger partial charge in [-0.1, -0.05) is 58.8 Å². The first-order chi connectivity index (χ1) is 5.38. The van der Waals surface area contributed by atoms with E-state index in [0.29, 0.717) is 0 Å². The van der Waals surface area contributed by atoms with Crippen LogP contribution in [0.25, 0.3) is 0 Å². The lowest BCUT2D eigenvalue weighted by molar-refractivity contribution is 0.346. The Kier molecular flexibility index (Phi) is 3.96. The maximum absolute atomic E-state index is 2.36. The predicted molar refractivity (Wildman–Crippen MR) is 50.6 cm³/mol. The van der Waals surface area contributed by atoms with Gasteiger partial charge in [0.2, 0.25) is 0 Å². The minimum absolute atomic E-state index is 1.08. The zero-order chi connectivity index (χ0) is 8.10. The first kappa shape index (κ1) is 9.09. The number of hydrogen-bond donors (Lipinski definition) is 0. The van der Waals surface area contributed by atoms with Gasteiger partial charge in [-0.15, -0.1) is 0 Å². The van der Waals surface area contributed by atoms with E-state index < -0.39 is 0 Å². The monoisotopic (exact) mass is 154 g/mol. The van der Waals surface area contributed by atoms with Crippen LogP contribution in [0, 0.1) is 11.8 Å². The van der Waals surface area contributed by atoms with E-state index in [2.05, 4.69) is 13.8 Å². The van der Waals surface area contributed by atoms with E-state index in [1.54, 1.807) is 0 Å². The van der Waals surface area contributed by atoms with Crippen molar-refractivity contribution in [3.63, 3.8) is 0 Å². The molecule has 0 spiro atoms. The quantitative estimate of drug-likeness (QED) is 0.574. The van der Waals surface area contributed by atoms with Crippen LogP contribution in [-0.4, -0.2) is 0 Å². The molecule has 1 rings (SSSR count). The van der Waals surface area contributed by atoms with Gasteiger partial charge < -0.3 is 0 Å². The van der Waals surface area contributed by atoms with Crippen LogP contribution in [0.1, 0.15) is 58.8 Å². The summed E-state index contributed by atoms with van der Waals surface area (Å²) in [5.74, 6) is 2.18. The molecule has 0 aromatic rings. The van der Waals surface area contributed by atoms with E-state index in [-0.39, 0.29) is 0 Å². The fraction of sp³-hybridized carbons (Fsp3) is 1.00. The van der Waals surface area contributed by atoms with Crippen LogP contribution >= 0.6 is 0 Å². The van der Waals surface area contributed by atoms with Gasteiger partial charge in [-0.25, -0.2) is 0 Å². The van der Waals surface area contributed by atoms with Crippen molar-refractivity contribution >= 4 is 0 Å². The van der Waals surface area contributed by atoms with Crippen molar-refractivity contribution in [2.75, 3.05) is 0 Å². The molecule has 0 aromatic carbocycles. The molecule has 0 N–H and O–H groups in total. The Labute approximate surface area is 71.4 Å². The molecule has 1 fully saturated rings. The molecule has 0 saturated heterocycles. The third-order valence-electron chi connectivity index (χ3n) is 3.27. The number of unbranched alkanes of at least 4 members (excludes halogenated alkanes) is 1. The summed E-state index contributed by atoms with van der Waals surface area (Å²) in [5.41, 5.74) is 0. The smallest absolute Gasteiger partial charge is 0.0386 e. The maximum atomic E-state index is 2.36. The highest BCUT2D eigenvalue weighted by Crippen LogP contribution is 2.36. The van der Waals surface area contributed by atoms with E-state index >= 15 is 0 Å². The third kappa shape index (κ3) is 2.50. The van der Waals surface area contributed by atoms with Crippen molar-refractivity contribution in [1.82, 2.24) is 0 Å². The Morgan fingerprint density at radius 3 is 2.45 bits per heavy atom. The van der Waals surface area contributed by atoms with E-state index in [1.165, 1.54) is 44.9 Å².